The van der Waals surface area contributed by atoms with E-state index in [-0.39, 0.29) is 0 Å². The van der Waals surface area contributed by atoms with Gasteiger partial charge in [0, 0.05) is 12.3 Å². The maximum atomic E-state index is 10.1. The lowest BCUT2D eigenvalue weighted by molar-refractivity contribution is -0.130. The highest BCUT2D eigenvalue weighted by atomic mass is 16.4. The van der Waals surface area contributed by atoms with Crippen molar-refractivity contribution < 1.29 is 9.90 Å². The normalized spacial score (nSPS) is 8.77. The maximum absolute atomic E-state index is 10.1. The van der Waals surface area contributed by atoms with Gasteiger partial charge in [-0.05, 0) is 30.1 Å². The third-order valence-corrected chi connectivity index (χ3v) is 3.35. The smallest absolute Gasteiger partial charge is 0.382 e. The van der Waals surface area contributed by atoms with Crippen LogP contribution in [0.3, 0.4) is 0 Å². The molecule has 2 nitrogen and oxygen atoms in total. The molecule has 0 unspecified atom stereocenters. The Hall–Kier alpha value is -1.85. The van der Waals surface area contributed by atoms with Crippen LogP contribution in [0.15, 0.2) is 0 Å². The molecule has 0 radical (unpaired) electrons. The van der Waals surface area contributed by atoms with Gasteiger partial charge in [0.1, 0.15) is 0 Å². The van der Waals surface area contributed by atoms with Gasteiger partial charge in [0.2, 0.25) is 0 Å². The van der Waals surface area contributed by atoms with Crippen molar-refractivity contribution in [2.75, 3.05) is 0 Å². The number of hydrogen-bond acceptors (Lipinski definition) is 1. The molecule has 0 saturated heterocycles. The van der Waals surface area contributed by atoms with Crippen molar-refractivity contribution in [2.24, 2.45) is 0 Å². The molecule has 0 saturated carbocycles. The van der Waals surface area contributed by atoms with Gasteiger partial charge in [-0.3, -0.25) is 0 Å². The van der Waals surface area contributed by atoms with Crippen LogP contribution in [0.25, 0.3) is 0 Å². The minimum Gasteiger partial charge on any atom is -0.472 e. The molecule has 0 aromatic heterocycles. The van der Waals surface area contributed by atoms with Crippen LogP contribution in [0.1, 0.15) is 84.0 Å². The Labute approximate surface area is 136 Å². The zero-order chi connectivity index (χ0) is 16.3. The third kappa shape index (κ3) is 18.1. The first-order valence-electron chi connectivity index (χ1n) is 8.49. The molecule has 0 aromatic rings. The van der Waals surface area contributed by atoms with Crippen LogP contribution in [-0.2, 0) is 4.79 Å². The monoisotopic (exact) mass is 300 g/mol. The average molecular weight is 300 g/mol. The molecule has 22 heavy (non-hydrogen) atoms. The van der Waals surface area contributed by atoms with E-state index in [1.54, 1.807) is 0 Å². The summed E-state index contributed by atoms with van der Waals surface area (Å²) in [6.45, 7) is 2.25. The summed E-state index contributed by atoms with van der Waals surface area (Å²) in [6, 6.07) is 0. The summed E-state index contributed by atoms with van der Waals surface area (Å²) in [5.41, 5.74) is 0. The van der Waals surface area contributed by atoms with Gasteiger partial charge in [-0.25, -0.2) is 4.79 Å². The molecule has 0 spiro atoms. The van der Waals surface area contributed by atoms with Crippen molar-refractivity contribution in [1.29, 1.82) is 0 Å². The molecule has 0 heterocycles. The molecule has 0 fully saturated rings. The Morgan fingerprint density at radius 3 is 1.77 bits per heavy atom. The molecule has 0 rings (SSSR count). The van der Waals surface area contributed by atoms with Crippen LogP contribution in [0.4, 0.5) is 0 Å². The van der Waals surface area contributed by atoms with E-state index in [0.717, 1.165) is 12.8 Å². The van der Waals surface area contributed by atoms with Gasteiger partial charge >= 0.3 is 5.97 Å². The van der Waals surface area contributed by atoms with E-state index in [1.807, 2.05) is 5.92 Å². The molecular weight excluding hydrogens is 272 g/mol. The molecule has 0 aliphatic rings. The topological polar surface area (TPSA) is 37.3 Å². The van der Waals surface area contributed by atoms with Gasteiger partial charge in [0.25, 0.3) is 0 Å². The van der Waals surface area contributed by atoms with Gasteiger partial charge in [0.15, 0.2) is 0 Å². The lowest BCUT2D eigenvalue weighted by Gasteiger charge is -2.01. The second-order valence-electron chi connectivity index (χ2n) is 5.39. The fraction of sp³-hybridized carbons (Fsp3) is 0.650. The zero-order valence-electron chi connectivity index (χ0n) is 13.8. The molecule has 0 atom stereocenters. The maximum Gasteiger partial charge on any atom is 0.382 e. The number of rotatable bonds is 11. The Balaban J connectivity index is 3.31. The molecule has 0 aliphatic carbocycles. The van der Waals surface area contributed by atoms with Crippen LogP contribution in [0.5, 0.6) is 0 Å². The quantitative estimate of drug-likeness (QED) is 0.440. The molecule has 120 valence electrons. The van der Waals surface area contributed by atoms with Gasteiger partial charge in [-0.2, -0.15) is 0 Å². The van der Waals surface area contributed by atoms with Crippen molar-refractivity contribution >= 4 is 5.97 Å². The average Bonchev–Trinajstić information content (AvgIpc) is 2.50. The van der Waals surface area contributed by atoms with Crippen molar-refractivity contribution in [2.45, 2.75) is 84.0 Å². The highest BCUT2D eigenvalue weighted by Crippen LogP contribution is 2.11. The highest BCUT2D eigenvalue weighted by molar-refractivity contribution is 5.87. The van der Waals surface area contributed by atoms with E-state index >= 15 is 0 Å². The van der Waals surface area contributed by atoms with Gasteiger partial charge in [0.05, 0.1) is 0 Å². The van der Waals surface area contributed by atoms with Crippen LogP contribution in [-0.4, -0.2) is 11.1 Å². The largest absolute Gasteiger partial charge is 0.472 e. The number of aliphatic carboxylic acids is 1. The van der Waals surface area contributed by atoms with Gasteiger partial charge in [-0.15, -0.1) is 0 Å². The Bertz CT molecular complexity index is 457. The Kier molecular flexibility index (Phi) is 15.8. The molecule has 0 aliphatic heterocycles. The van der Waals surface area contributed by atoms with E-state index < -0.39 is 5.97 Å². The summed E-state index contributed by atoms with van der Waals surface area (Å²) < 4.78 is 0. The number of hydrogen-bond donors (Lipinski definition) is 1. The van der Waals surface area contributed by atoms with E-state index in [0.29, 0.717) is 0 Å². The van der Waals surface area contributed by atoms with Gasteiger partial charge in [-0.1, -0.05) is 77.1 Å². The number of unbranched alkanes of at least 4 members (excludes halogenated alkanes) is 11. The molecule has 2 heteroatoms. The predicted molar refractivity (Wildman–Crippen MR) is 92.0 cm³/mol. The summed E-state index contributed by atoms with van der Waals surface area (Å²) in [4.78, 5) is 10.1. The van der Waals surface area contributed by atoms with Crippen molar-refractivity contribution in [1.82, 2.24) is 0 Å². The van der Waals surface area contributed by atoms with Crippen LogP contribution in [0.2, 0.25) is 0 Å². The van der Waals surface area contributed by atoms with Crippen molar-refractivity contribution in [3.8, 4) is 35.5 Å². The predicted octanol–water partition coefficient (Wildman–Crippen LogP) is 4.78. The molecule has 0 bridgehead atoms. The first kappa shape index (κ1) is 20.1. The second-order valence-corrected chi connectivity index (χ2v) is 5.39. The zero-order valence-corrected chi connectivity index (χ0v) is 13.8. The van der Waals surface area contributed by atoms with Crippen molar-refractivity contribution in [3.63, 3.8) is 0 Å². The summed E-state index contributed by atoms with van der Waals surface area (Å²) in [5, 5.41) is 8.26. The first-order valence-corrected chi connectivity index (χ1v) is 8.49. The summed E-state index contributed by atoms with van der Waals surface area (Å²) in [5.74, 6) is 13.6. The van der Waals surface area contributed by atoms with Gasteiger partial charge < -0.3 is 5.11 Å². The Morgan fingerprint density at radius 2 is 1.23 bits per heavy atom. The molecule has 0 amide bonds. The number of carboxylic acid groups (broad SMARTS) is 1. The third-order valence-electron chi connectivity index (χ3n) is 3.35. The van der Waals surface area contributed by atoms with E-state index in [2.05, 4.69) is 36.5 Å². The van der Waals surface area contributed by atoms with Crippen molar-refractivity contribution in [3.05, 3.63) is 0 Å². The summed E-state index contributed by atoms with van der Waals surface area (Å²) in [7, 11) is 0. The minimum atomic E-state index is -1.16. The van der Waals surface area contributed by atoms with Crippen LogP contribution < -0.4 is 0 Å². The molecular formula is C20H28O2. The lowest BCUT2D eigenvalue weighted by Crippen LogP contribution is -1.85. The SMILES string of the molecule is CCCCCCCCCCCCCC#CC#CC#CC(=O)O. The van der Waals surface area contributed by atoms with E-state index in [4.69, 9.17) is 5.11 Å². The Morgan fingerprint density at radius 1 is 0.727 bits per heavy atom. The van der Waals surface area contributed by atoms with Crippen LogP contribution in [0, 0.1) is 35.5 Å². The standard InChI is InChI=1S/C20H28O2/c1-2-3-4-5-6-7-8-9-10-11-12-13-14-15-16-17-18-19-20(21)22/h2-13H2,1H3,(H,21,22). The molecule has 1 N–H and O–H groups in total. The lowest BCUT2D eigenvalue weighted by atomic mass is 10.1. The second kappa shape index (κ2) is 17.2. The number of carbonyl (C=O) groups is 1. The molecule has 0 aromatic carbocycles. The number of carboxylic acids is 1. The first-order chi connectivity index (χ1) is 10.8. The highest BCUT2D eigenvalue weighted by Gasteiger charge is 1.92. The fourth-order valence-electron chi connectivity index (χ4n) is 2.13. The summed E-state index contributed by atoms with van der Waals surface area (Å²) >= 11 is 0. The minimum absolute atomic E-state index is 0.859. The van der Waals surface area contributed by atoms with E-state index in [1.165, 1.54) is 64.2 Å². The van der Waals surface area contributed by atoms with E-state index in [9.17, 15) is 4.79 Å². The summed E-state index contributed by atoms with van der Waals surface area (Å²) in [6.07, 6.45) is 15.5. The fourth-order valence-corrected chi connectivity index (χ4v) is 2.13. The van der Waals surface area contributed by atoms with Crippen LogP contribution >= 0.6 is 0 Å².